The molecular formula is C14H16N2O2S. The highest BCUT2D eigenvalue weighted by molar-refractivity contribution is 7.09. The highest BCUT2D eigenvalue weighted by Gasteiger charge is 2.21. The lowest BCUT2D eigenvalue weighted by Crippen LogP contribution is -2.29. The molecule has 1 unspecified atom stereocenters. The predicted molar refractivity (Wildman–Crippen MR) is 74.8 cm³/mol. The summed E-state index contributed by atoms with van der Waals surface area (Å²) in [6.45, 7) is 2.81. The molecule has 1 N–H and O–H groups in total. The monoisotopic (exact) mass is 276 g/mol. The third kappa shape index (κ3) is 3.87. The van der Waals surface area contributed by atoms with Gasteiger partial charge in [-0.3, -0.25) is 10.3 Å². The van der Waals surface area contributed by atoms with Gasteiger partial charge >= 0.3 is 5.97 Å². The van der Waals surface area contributed by atoms with E-state index in [2.05, 4.69) is 10.3 Å². The molecule has 4 nitrogen and oxygen atoms in total. The quantitative estimate of drug-likeness (QED) is 0.824. The summed E-state index contributed by atoms with van der Waals surface area (Å²) in [5, 5.41) is 5.23. The summed E-state index contributed by atoms with van der Waals surface area (Å²) in [6.07, 6.45) is 3.37. The van der Waals surface area contributed by atoms with E-state index in [1.54, 1.807) is 30.7 Å². The zero-order chi connectivity index (χ0) is 13.5. The van der Waals surface area contributed by atoms with Crippen LogP contribution < -0.4 is 5.32 Å². The molecule has 2 aromatic rings. The molecular weight excluding hydrogens is 260 g/mol. The van der Waals surface area contributed by atoms with Gasteiger partial charge < -0.3 is 4.74 Å². The van der Waals surface area contributed by atoms with Crippen molar-refractivity contribution in [3.05, 3.63) is 52.5 Å². The molecule has 100 valence electrons. The lowest BCUT2D eigenvalue weighted by atomic mass is 10.1. The van der Waals surface area contributed by atoms with Gasteiger partial charge in [-0.15, -0.1) is 11.3 Å². The van der Waals surface area contributed by atoms with Crippen LogP contribution in [0.25, 0.3) is 0 Å². The zero-order valence-corrected chi connectivity index (χ0v) is 11.5. The molecule has 0 aliphatic rings. The number of nitrogens with one attached hydrogen (secondary N) is 1. The van der Waals surface area contributed by atoms with Gasteiger partial charge in [-0.2, -0.15) is 0 Å². The molecule has 0 spiro atoms. The van der Waals surface area contributed by atoms with Gasteiger partial charge in [-0.1, -0.05) is 12.1 Å². The second kappa shape index (κ2) is 7.01. The molecule has 0 aliphatic carbocycles. The Morgan fingerprint density at radius 3 is 3.00 bits per heavy atom. The minimum absolute atomic E-state index is 0.271. The maximum atomic E-state index is 12.0. The summed E-state index contributed by atoms with van der Waals surface area (Å²) in [5.41, 5.74) is 0.817. The lowest BCUT2D eigenvalue weighted by Gasteiger charge is -2.16. The number of rotatable bonds is 6. The van der Waals surface area contributed by atoms with Crippen LogP contribution in [0.5, 0.6) is 0 Å². The van der Waals surface area contributed by atoms with Crippen molar-refractivity contribution in [3.8, 4) is 0 Å². The number of thiophene rings is 1. The molecule has 0 saturated carbocycles. The van der Waals surface area contributed by atoms with Crippen LogP contribution in [0.1, 0.15) is 23.4 Å². The van der Waals surface area contributed by atoms with Crippen molar-refractivity contribution >= 4 is 17.3 Å². The van der Waals surface area contributed by atoms with E-state index < -0.39 is 6.04 Å². The number of nitrogens with zero attached hydrogens (tertiary/aromatic N) is 1. The Bertz CT molecular complexity index is 499. The van der Waals surface area contributed by atoms with E-state index in [-0.39, 0.29) is 5.97 Å². The highest BCUT2D eigenvalue weighted by atomic mass is 32.1. The summed E-state index contributed by atoms with van der Waals surface area (Å²) in [7, 11) is 0. The fraction of sp³-hybridized carbons (Fsp3) is 0.286. The zero-order valence-electron chi connectivity index (χ0n) is 10.7. The van der Waals surface area contributed by atoms with Crippen LogP contribution in [-0.2, 0) is 16.1 Å². The van der Waals surface area contributed by atoms with Crippen LogP contribution in [0, 0.1) is 0 Å². The fourth-order valence-electron chi connectivity index (χ4n) is 1.73. The normalized spacial score (nSPS) is 12.1. The number of aromatic nitrogens is 1. The second-order valence-corrected chi connectivity index (χ2v) is 4.96. The van der Waals surface area contributed by atoms with Crippen LogP contribution >= 0.6 is 11.3 Å². The Balaban J connectivity index is 2.08. The van der Waals surface area contributed by atoms with Crippen molar-refractivity contribution in [2.45, 2.75) is 19.5 Å². The number of hydrogen-bond donors (Lipinski definition) is 1. The molecule has 0 amide bonds. The van der Waals surface area contributed by atoms with Gasteiger partial charge in [0.15, 0.2) is 0 Å². The summed E-state index contributed by atoms with van der Waals surface area (Å²) in [5.74, 6) is -0.271. The van der Waals surface area contributed by atoms with Gasteiger partial charge in [0.2, 0.25) is 0 Å². The van der Waals surface area contributed by atoms with Crippen LogP contribution in [0.15, 0.2) is 42.0 Å². The van der Waals surface area contributed by atoms with Crippen LogP contribution in [0.4, 0.5) is 0 Å². The average Bonchev–Trinajstić information content (AvgIpc) is 2.94. The Labute approximate surface area is 116 Å². The Morgan fingerprint density at radius 1 is 1.47 bits per heavy atom. The highest BCUT2D eigenvalue weighted by Crippen LogP contribution is 2.16. The summed E-state index contributed by atoms with van der Waals surface area (Å²) < 4.78 is 5.10. The minimum atomic E-state index is -0.476. The Hall–Kier alpha value is -1.72. The standard InChI is InChI=1S/C14H16N2O2S/c1-2-18-14(17)13(11-5-3-7-15-9-11)16-10-12-6-4-8-19-12/h3-9,13,16H,2,10H2,1H3. The first-order chi connectivity index (χ1) is 9.31. The van der Waals surface area contributed by atoms with E-state index in [9.17, 15) is 4.79 Å². The average molecular weight is 276 g/mol. The molecule has 0 aliphatic heterocycles. The van der Waals surface area contributed by atoms with E-state index in [0.29, 0.717) is 13.2 Å². The molecule has 19 heavy (non-hydrogen) atoms. The van der Waals surface area contributed by atoms with Gasteiger partial charge in [0.1, 0.15) is 6.04 Å². The molecule has 0 radical (unpaired) electrons. The number of pyridine rings is 1. The largest absolute Gasteiger partial charge is 0.465 e. The Morgan fingerprint density at radius 2 is 2.37 bits per heavy atom. The van der Waals surface area contributed by atoms with Crippen LogP contribution in [-0.4, -0.2) is 17.6 Å². The SMILES string of the molecule is CCOC(=O)C(NCc1cccs1)c1cccnc1. The predicted octanol–water partition coefficient (Wildman–Crippen LogP) is 2.54. The summed E-state index contributed by atoms with van der Waals surface area (Å²) in [6, 6.07) is 7.23. The third-order valence-corrected chi connectivity index (χ3v) is 3.48. The summed E-state index contributed by atoms with van der Waals surface area (Å²) >= 11 is 1.65. The molecule has 0 bridgehead atoms. The molecule has 0 saturated heterocycles. The molecule has 2 heterocycles. The van der Waals surface area contributed by atoms with E-state index in [1.807, 2.05) is 29.6 Å². The molecule has 0 fully saturated rings. The molecule has 5 heteroatoms. The lowest BCUT2D eigenvalue weighted by molar-refractivity contribution is -0.145. The van der Waals surface area contributed by atoms with E-state index >= 15 is 0 Å². The first-order valence-electron chi connectivity index (χ1n) is 6.13. The van der Waals surface area contributed by atoms with Crippen molar-refractivity contribution in [2.75, 3.05) is 6.61 Å². The van der Waals surface area contributed by atoms with Gasteiger partial charge in [0, 0.05) is 23.8 Å². The Kier molecular flexibility index (Phi) is 5.06. The van der Waals surface area contributed by atoms with Crippen molar-refractivity contribution in [3.63, 3.8) is 0 Å². The van der Waals surface area contributed by atoms with Gasteiger partial charge in [0.05, 0.1) is 6.61 Å². The van der Waals surface area contributed by atoms with E-state index in [1.165, 1.54) is 4.88 Å². The topological polar surface area (TPSA) is 51.2 Å². The van der Waals surface area contributed by atoms with Crippen molar-refractivity contribution in [2.24, 2.45) is 0 Å². The molecule has 2 rings (SSSR count). The first-order valence-corrected chi connectivity index (χ1v) is 7.01. The molecule has 2 aromatic heterocycles. The smallest absolute Gasteiger partial charge is 0.327 e. The number of hydrogen-bond acceptors (Lipinski definition) is 5. The van der Waals surface area contributed by atoms with E-state index in [0.717, 1.165) is 5.56 Å². The summed E-state index contributed by atoms with van der Waals surface area (Å²) in [4.78, 5) is 17.2. The van der Waals surface area contributed by atoms with Crippen LogP contribution in [0.2, 0.25) is 0 Å². The number of ether oxygens (including phenoxy) is 1. The van der Waals surface area contributed by atoms with Gasteiger partial charge in [0.25, 0.3) is 0 Å². The number of carbonyl (C=O) groups excluding carboxylic acids is 1. The first kappa shape index (κ1) is 13.7. The molecule has 1 atom stereocenters. The number of carbonyl (C=O) groups is 1. The van der Waals surface area contributed by atoms with Gasteiger partial charge in [-0.05, 0) is 30.0 Å². The second-order valence-electron chi connectivity index (χ2n) is 3.93. The number of esters is 1. The molecule has 0 aromatic carbocycles. The van der Waals surface area contributed by atoms with E-state index in [4.69, 9.17) is 4.74 Å². The minimum Gasteiger partial charge on any atom is -0.465 e. The maximum Gasteiger partial charge on any atom is 0.327 e. The van der Waals surface area contributed by atoms with Crippen molar-refractivity contribution in [1.29, 1.82) is 0 Å². The van der Waals surface area contributed by atoms with Gasteiger partial charge in [-0.25, -0.2) is 4.79 Å². The van der Waals surface area contributed by atoms with Crippen molar-refractivity contribution < 1.29 is 9.53 Å². The van der Waals surface area contributed by atoms with Crippen LogP contribution in [0.3, 0.4) is 0 Å². The maximum absolute atomic E-state index is 12.0. The fourth-order valence-corrected chi connectivity index (χ4v) is 2.38. The van der Waals surface area contributed by atoms with Crippen molar-refractivity contribution in [1.82, 2.24) is 10.3 Å². The third-order valence-electron chi connectivity index (χ3n) is 2.60.